The largest absolute Gasteiger partial charge is 0.393 e. The molecule has 5 nitrogen and oxygen atoms in total. The van der Waals surface area contributed by atoms with Crippen LogP contribution < -0.4 is 5.32 Å². The minimum Gasteiger partial charge on any atom is -0.393 e. The van der Waals surface area contributed by atoms with Crippen molar-refractivity contribution < 1.29 is 10.2 Å². The van der Waals surface area contributed by atoms with Crippen LogP contribution in [-0.2, 0) is 6.54 Å². The zero-order chi connectivity index (χ0) is 27.3. The van der Waals surface area contributed by atoms with Crippen molar-refractivity contribution in [3.05, 3.63) is 30.4 Å². The lowest BCUT2D eigenvalue weighted by molar-refractivity contribution is -0.204. The molecule has 0 aromatic carbocycles. The van der Waals surface area contributed by atoms with Gasteiger partial charge in [-0.2, -0.15) is 0 Å². The molecule has 0 amide bonds. The molecule has 0 bridgehead atoms. The molecule has 1 heterocycles. The Morgan fingerprint density at radius 2 is 1.79 bits per heavy atom. The molecule has 0 spiro atoms. The van der Waals surface area contributed by atoms with Gasteiger partial charge in [-0.15, -0.1) is 0 Å². The van der Waals surface area contributed by atoms with Crippen LogP contribution in [0.1, 0.15) is 99.3 Å². The fraction of sp³-hybridized carbons (Fsp3) is 0.848. The summed E-state index contributed by atoms with van der Waals surface area (Å²) in [4.78, 5) is 4.12. The molecule has 38 heavy (non-hydrogen) atoms. The third-order valence-corrected chi connectivity index (χ3v) is 13.0. The van der Waals surface area contributed by atoms with Crippen molar-refractivity contribution in [3.63, 3.8) is 0 Å². The molecule has 3 fully saturated rings. The molecule has 5 heteroatoms. The Labute approximate surface area is 231 Å². The van der Waals surface area contributed by atoms with Crippen LogP contribution in [-0.4, -0.2) is 45.1 Å². The van der Waals surface area contributed by atoms with Gasteiger partial charge in [0.15, 0.2) is 0 Å². The van der Waals surface area contributed by atoms with Crippen LogP contribution in [0, 0.1) is 45.3 Å². The smallest absolute Gasteiger partial charge is 0.0945 e. The molecule has 4 aliphatic carbocycles. The number of aliphatic hydroxyl groups is 2. The number of aromatic nitrogens is 2. The predicted molar refractivity (Wildman–Crippen MR) is 154 cm³/mol. The van der Waals surface area contributed by atoms with Crippen molar-refractivity contribution >= 4 is 0 Å². The molecule has 1 aromatic rings. The highest BCUT2D eigenvalue weighted by Gasteiger charge is 2.70. The molecule has 3 N–H and O–H groups in total. The quantitative estimate of drug-likeness (QED) is 0.265. The van der Waals surface area contributed by atoms with Gasteiger partial charge in [0.1, 0.15) is 0 Å². The number of fused-ring (bicyclic) bond motifs is 5. The summed E-state index contributed by atoms with van der Waals surface area (Å²) in [7, 11) is 0. The highest BCUT2D eigenvalue weighted by Crippen LogP contribution is 2.74. The Bertz CT molecular complexity index is 988. The van der Waals surface area contributed by atoms with Gasteiger partial charge in [-0.25, -0.2) is 4.98 Å². The van der Waals surface area contributed by atoms with E-state index in [9.17, 15) is 10.2 Å². The summed E-state index contributed by atoms with van der Waals surface area (Å²) in [6.07, 6.45) is 17.8. The summed E-state index contributed by atoms with van der Waals surface area (Å²) < 4.78 is 2.15. The van der Waals surface area contributed by atoms with Crippen LogP contribution in [0.5, 0.6) is 0 Å². The molecule has 1 aromatic heterocycles. The molecule has 0 unspecified atom stereocenters. The average Bonchev–Trinajstić information content (AvgIpc) is 3.47. The molecule has 9 atom stereocenters. The van der Waals surface area contributed by atoms with E-state index < -0.39 is 0 Å². The lowest BCUT2D eigenvalue weighted by Crippen LogP contribution is -2.64. The third-order valence-electron chi connectivity index (χ3n) is 13.0. The maximum absolute atomic E-state index is 12.0. The number of allylic oxidation sites excluding steroid dienone is 1. The summed E-state index contributed by atoms with van der Waals surface area (Å²) >= 11 is 0. The predicted octanol–water partition coefficient (Wildman–Crippen LogP) is 6.22. The second kappa shape index (κ2) is 10.3. The number of aliphatic hydroxyl groups excluding tert-OH is 2. The molecule has 4 aliphatic rings. The van der Waals surface area contributed by atoms with E-state index >= 15 is 0 Å². The highest BCUT2D eigenvalue weighted by molar-refractivity contribution is 5.31. The standard InChI is InChI=1S/C33H55N3O2/c1-23(9-7-16-34-17-8-19-36-20-18-35-22-36)24-14-15-31(4)27-12-10-25-26(11-13-28(37)30(25,2)3)33(27,6)29(38)21-32(24,31)5/h10,18,20,22-24,26-29,34,37-38H,7-9,11-17,19,21H2,1-6H3/t23-,24-,26-,27+,28+,29-,31+,32-,33+/m1/s1. The van der Waals surface area contributed by atoms with Gasteiger partial charge >= 0.3 is 0 Å². The Hall–Kier alpha value is -1.17. The van der Waals surface area contributed by atoms with E-state index in [1.54, 1.807) is 0 Å². The number of rotatable bonds is 9. The summed E-state index contributed by atoms with van der Waals surface area (Å²) in [5, 5.41) is 26.5. The Morgan fingerprint density at radius 3 is 2.53 bits per heavy atom. The molecular formula is C33H55N3O2. The number of imidazole rings is 1. The van der Waals surface area contributed by atoms with Crippen molar-refractivity contribution in [2.45, 2.75) is 118 Å². The van der Waals surface area contributed by atoms with Crippen molar-refractivity contribution in [2.24, 2.45) is 45.3 Å². The molecule has 3 saturated carbocycles. The first-order valence-electron chi connectivity index (χ1n) is 15.7. The van der Waals surface area contributed by atoms with E-state index in [0.717, 1.165) is 51.7 Å². The number of hydrogen-bond acceptors (Lipinski definition) is 4. The Morgan fingerprint density at radius 1 is 1.03 bits per heavy atom. The van der Waals surface area contributed by atoms with E-state index in [1.165, 1.54) is 31.3 Å². The second-order valence-electron chi connectivity index (χ2n) is 14.9. The minimum absolute atomic E-state index is 0.0888. The zero-order valence-electron chi connectivity index (χ0n) is 25.0. The van der Waals surface area contributed by atoms with Crippen LogP contribution in [0.3, 0.4) is 0 Å². The van der Waals surface area contributed by atoms with Crippen molar-refractivity contribution in [1.82, 2.24) is 14.9 Å². The fourth-order valence-corrected chi connectivity index (χ4v) is 10.3. The molecule has 214 valence electrons. The second-order valence-corrected chi connectivity index (χ2v) is 14.9. The average molecular weight is 526 g/mol. The van der Waals surface area contributed by atoms with Gasteiger partial charge in [-0.3, -0.25) is 0 Å². The van der Waals surface area contributed by atoms with E-state index in [2.05, 4.69) is 62.5 Å². The zero-order valence-corrected chi connectivity index (χ0v) is 25.0. The first-order valence-corrected chi connectivity index (χ1v) is 15.7. The molecule has 0 radical (unpaired) electrons. The van der Waals surface area contributed by atoms with Gasteiger partial charge in [0.25, 0.3) is 0 Å². The van der Waals surface area contributed by atoms with Gasteiger partial charge in [-0.1, -0.05) is 53.2 Å². The van der Waals surface area contributed by atoms with Gasteiger partial charge in [0.05, 0.1) is 18.5 Å². The van der Waals surface area contributed by atoms with Crippen molar-refractivity contribution in [1.29, 1.82) is 0 Å². The van der Waals surface area contributed by atoms with Crippen molar-refractivity contribution in [3.8, 4) is 0 Å². The lowest BCUT2D eigenvalue weighted by atomic mass is 9.38. The lowest BCUT2D eigenvalue weighted by Gasteiger charge is -2.67. The van der Waals surface area contributed by atoms with E-state index in [0.29, 0.717) is 23.7 Å². The van der Waals surface area contributed by atoms with E-state index in [4.69, 9.17) is 0 Å². The number of hydrogen-bond donors (Lipinski definition) is 3. The first kappa shape index (κ1) is 28.4. The van der Waals surface area contributed by atoms with Gasteiger partial charge in [0, 0.05) is 29.8 Å². The first-order chi connectivity index (χ1) is 18.0. The number of nitrogens with zero attached hydrogens (tertiary/aromatic N) is 2. The maximum atomic E-state index is 12.0. The van der Waals surface area contributed by atoms with Crippen LogP contribution in [0.15, 0.2) is 30.4 Å². The Balaban J connectivity index is 1.23. The van der Waals surface area contributed by atoms with Crippen molar-refractivity contribution in [2.75, 3.05) is 13.1 Å². The van der Waals surface area contributed by atoms with E-state index in [-0.39, 0.29) is 33.9 Å². The molecule has 5 rings (SSSR count). The monoisotopic (exact) mass is 525 g/mol. The fourth-order valence-electron chi connectivity index (χ4n) is 10.3. The maximum Gasteiger partial charge on any atom is 0.0945 e. The topological polar surface area (TPSA) is 70.3 Å². The van der Waals surface area contributed by atoms with E-state index in [1.807, 2.05) is 18.7 Å². The van der Waals surface area contributed by atoms with Crippen LogP contribution in [0.25, 0.3) is 0 Å². The molecular weight excluding hydrogens is 470 g/mol. The summed E-state index contributed by atoms with van der Waals surface area (Å²) in [6.45, 7) is 17.7. The van der Waals surface area contributed by atoms with Crippen LogP contribution >= 0.6 is 0 Å². The summed E-state index contributed by atoms with van der Waals surface area (Å²) in [5.74, 6) is 2.28. The summed E-state index contributed by atoms with van der Waals surface area (Å²) in [5.41, 5.74) is 1.60. The van der Waals surface area contributed by atoms with Crippen LogP contribution in [0.2, 0.25) is 0 Å². The number of aryl methyl sites for hydroxylation is 1. The minimum atomic E-state index is -0.269. The molecule has 0 saturated heterocycles. The van der Waals surface area contributed by atoms with Gasteiger partial charge < -0.3 is 20.1 Å². The molecule has 0 aliphatic heterocycles. The Kier molecular flexibility index (Phi) is 7.72. The van der Waals surface area contributed by atoms with Gasteiger partial charge in [0.2, 0.25) is 0 Å². The van der Waals surface area contributed by atoms with Crippen LogP contribution in [0.4, 0.5) is 0 Å². The highest BCUT2D eigenvalue weighted by atomic mass is 16.3. The SMILES string of the molecule is C[C@H](CCCNCCCn1ccnc1)[C@H]1CC[C@@]2(C)[C@@H]3CC=C4[C@@H](CC[C@H](O)C4(C)C)[C@]3(C)[C@H](O)C[C@]12C. The third kappa shape index (κ3) is 4.34. The normalized spacial score (nSPS) is 42.6. The summed E-state index contributed by atoms with van der Waals surface area (Å²) in [6, 6.07) is 0. The van der Waals surface area contributed by atoms with Gasteiger partial charge in [-0.05, 0) is 105 Å². The number of nitrogens with one attached hydrogen (secondary N) is 1.